The van der Waals surface area contributed by atoms with Crippen LogP contribution in [0.25, 0.3) is 0 Å². The molecule has 1 aromatic carbocycles. The molecule has 0 amide bonds. The Morgan fingerprint density at radius 3 is 2.67 bits per heavy atom. The van der Waals surface area contributed by atoms with Crippen molar-refractivity contribution < 1.29 is 0 Å². The van der Waals surface area contributed by atoms with Gasteiger partial charge in [0.1, 0.15) is 0 Å². The lowest BCUT2D eigenvalue weighted by atomic mass is 10.3. The zero-order valence-corrected chi connectivity index (χ0v) is 11.0. The molecule has 4 nitrogen and oxygen atoms in total. The zero-order valence-electron chi connectivity index (χ0n) is 11.0. The van der Waals surface area contributed by atoms with Gasteiger partial charge in [0.15, 0.2) is 5.96 Å². The van der Waals surface area contributed by atoms with Crippen molar-refractivity contribution in [3.63, 3.8) is 0 Å². The van der Waals surface area contributed by atoms with Crippen molar-refractivity contribution in [2.45, 2.75) is 25.8 Å². The van der Waals surface area contributed by atoms with E-state index in [9.17, 15) is 0 Å². The summed E-state index contributed by atoms with van der Waals surface area (Å²) in [6.45, 7) is 5.36. The van der Waals surface area contributed by atoms with E-state index in [1.54, 1.807) is 0 Å². The van der Waals surface area contributed by atoms with Crippen molar-refractivity contribution in [1.29, 1.82) is 0 Å². The van der Waals surface area contributed by atoms with Crippen LogP contribution in [-0.4, -0.2) is 36.5 Å². The number of para-hydroxylation sites is 1. The number of aliphatic imine (C=N–C) groups is 1. The van der Waals surface area contributed by atoms with Crippen LogP contribution in [-0.2, 0) is 0 Å². The average Bonchev–Trinajstić information content (AvgIpc) is 2.91. The van der Waals surface area contributed by atoms with E-state index in [0.717, 1.165) is 12.2 Å². The minimum atomic E-state index is 0.476. The number of rotatable bonds is 4. The number of nitrogens with one attached hydrogen (secondary N) is 1. The van der Waals surface area contributed by atoms with Crippen LogP contribution in [0.15, 0.2) is 35.3 Å². The van der Waals surface area contributed by atoms with Gasteiger partial charge in [0.05, 0.1) is 6.54 Å². The number of hydrogen-bond donors (Lipinski definition) is 2. The fourth-order valence-electron chi connectivity index (χ4n) is 2.24. The lowest BCUT2D eigenvalue weighted by molar-refractivity contribution is 0.265. The van der Waals surface area contributed by atoms with Gasteiger partial charge in [-0.1, -0.05) is 18.2 Å². The topological polar surface area (TPSA) is 53.6 Å². The quantitative estimate of drug-likeness (QED) is 0.630. The van der Waals surface area contributed by atoms with Crippen molar-refractivity contribution in [3.05, 3.63) is 30.3 Å². The predicted octanol–water partition coefficient (Wildman–Crippen LogP) is 1.90. The Labute approximate surface area is 109 Å². The first-order chi connectivity index (χ1) is 8.75. The molecule has 2 rings (SSSR count). The molecule has 1 heterocycles. The number of nitrogens with two attached hydrogens (primary N) is 1. The van der Waals surface area contributed by atoms with Crippen LogP contribution < -0.4 is 11.1 Å². The summed E-state index contributed by atoms with van der Waals surface area (Å²) in [5, 5.41) is 3.10. The molecule has 1 aliphatic heterocycles. The third-order valence-electron chi connectivity index (χ3n) is 3.34. The molecule has 0 bridgehead atoms. The van der Waals surface area contributed by atoms with E-state index in [4.69, 9.17) is 5.73 Å². The van der Waals surface area contributed by atoms with Crippen LogP contribution in [0.4, 0.5) is 5.69 Å². The van der Waals surface area contributed by atoms with Gasteiger partial charge in [0, 0.05) is 11.7 Å². The summed E-state index contributed by atoms with van der Waals surface area (Å²) in [4.78, 5) is 6.88. The van der Waals surface area contributed by atoms with Gasteiger partial charge in [0.2, 0.25) is 0 Å². The lowest BCUT2D eigenvalue weighted by Crippen LogP contribution is -2.34. The van der Waals surface area contributed by atoms with Crippen molar-refractivity contribution in [1.82, 2.24) is 4.90 Å². The molecular formula is C14H22N4. The molecule has 0 aliphatic carbocycles. The number of likely N-dealkylation sites (tertiary alicyclic amines) is 1. The highest BCUT2D eigenvalue weighted by Crippen LogP contribution is 2.11. The van der Waals surface area contributed by atoms with Crippen LogP contribution in [0.2, 0.25) is 0 Å². The van der Waals surface area contributed by atoms with Crippen LogP contribution in [0.1, 0.15) is 19.8 Å². The number of anilines is 1. The minimum Gasteiger partial charge on any atom is -0.370 e. The molecule has 0 unspecified atom stereocenters. The van der Waals surface area contributed by atoms with Crippen LogP contribution in [0, 0.1) is 0 Å². The van der Waals surface area contributed by atoms with Gasteiger partial charge >= 0.3 is 0 Å². The molecular weight excluding hydrogens is 224 g/mol. The summed E-state index contributed by atoms with van der Waals surface area (Å²) in [5.74, 6) is 0.493. The summed E-state index contributed by atoms with van der Waals surface area (Å²) in [5.41, 5.74) is 6.85. The molecule has 0 spiro atoms. The van der Waals surface area contributed by atoms with E-state index in [0.29, 0.717) is 12.0 Å². The highest BCUT2D eigenvalue weighted by molar-refractivity contribution is 5.92. The number of benzene rings is 1. The molecule has 18 heavy (non-hydrogen) atoms. The second kappa shape index (κ2) is 6.40. The number of guanidine groups is 1. The third-order valence-corrected chi connectivity index (χ3v) is 3.34. The zero-order chi connectivity index (χ0) is 12.8. The SMILES string of the molecule is C[C@@H](CN=C(N)Nc1ccccc1)N1CCCC1. The van der Waals surface area contributed by atoms with E-state index < -0.39 is 0 Å². The Morgan fingerprint density at radius 1 is 1.33 bits per heavy atom. The maximum Gasteiger partial charge on any atom is 0.193 e. The van der Waals surface area contributed by atoms with E-state index in [1.165, 1.54) is 25.9 Å². The molecule has 3 N–H and O–H groups in total. The van der Waals surface area contributed by atoms with Gasteiger partial charge in [-0.05, 0) is 45.0 Å². The summed E-state index contributed by atoms with van der Waals surface area (Å²) in [6.07, 6.45) is 2.62. The second-order valence-electron chi connectivity index (χ2n) is 4.81. The average molecular weight is 246 g/mol. The van der Waals surface area contributed by atoms with Crippen LogP contribution in [0.3, 0.4) is 0 Å². The standard InChI is InChI=1S/C14H22N4/c1-12(18-9-5-6-10-18)11-16-14(15)17-13-7-3-2-4-8-13/h2-4,7-8,12H,5-6,9-11H2,1H3,(H3,15,16,17)/t12-/m0/s1. The Morgan fingerprint density at radius 2 is 2.00 bits per heavy atom. The number of hydrogen-bond acceptors (Lipinski definition) is 2. The van der Waals surface area contributed by atoms with Gasteiger partial charge in [-0.25, -0.2) is 0 Å². The fourth-order valence-corrected chi connectivity index (χ4v) is 2.24. The van der Waals surface area contributed by atoms with Gasteiger partial charge < -0.3 is 11.1 Å². The fraction of sp³-hybridized carbons (Fsp3) is 0.500. The van der Waals surface area contributed by atoms with Crippen LogP contribution >= 0.6 is 0 Å². The summed E-state index contributed by atoms with van der Waals surface area (Å²) in [6, 6.07) is 10.4. The molecule has 0 radical (unpaired) electrons. The van der Waals surface area contributed by atoms with E-state index in [2.05, 4.69) is 22.1 Å². The van der Waals surface area contributed by atoms with Crippen molar-refractivity contribution in [3.8, 4) is 0 Å². The monoisotopic (exact) mass is 246 g/mol. The molecule has 1 aromatic rings. The molecule has 0 aromatic heterocycles. The van der Waals surface area contributed by atoms with Gasteiger partial charge in [-0.3, -0.25) is 9.89 Å². The Hall–Kier alpha value is -1.55. The molecule has 1 saturated heterocycles. The largest absolute Gasteiger partial charge is 0.370 e. The first-order valence-electron chi connectivity index (χ1n) is 6.62. The molecule has 98 valence electrons. The molecule has 0 saturated carbocycles. The van der Waals surface area contributed by atoms with E-state index >= 15 is 0 Å². The summed E-state index contributed by atoms with van der Waals surface area (Å²) >= 11 is 0. The smallest absolute Gasteiger partial charge is 0.193 e. The number of nitrogens with zero attached hydrogens (tertiary/aromatic N) is 2. The minimum absolute atomic E-state index is 0.476. The Bertz CT molecular complexity index is 382. The Kier molecular flexibility index (Phi) is 4.59. The highest BCUT2D eigenvalue weighted by Gasteiger charge is 2.17. The Balaban J connectivity index is 1.81. The van der Waals surface area contributed by atoms with Gasteiger partial charge in [-0.2, -0.15) is 0 Å². The summed E-state index contributed by atoms with van der Waals surface area (Å²) in [7, 11) is 0. The van der Waals surface area contributed by atoms with Crippen LogP contribution in [0.5, 0.6) is 0 Å². The maximum absolute atomic E-state index is 5.87. The molecule has 1 fully saturated rings. The lowest BCUT2D eigenvalue weighted by Gasteiger charge is -2.21. The summed E-state index contributed by atoms with van der Waals surface area (Å²) < 4.78 is 0. The van der Waals surface area contributed by atoms with Crippen molar-refractivity contribution in [2.75, 3.05) is 25.0 Å². The van der Waals surface area contributed by atoms with E-state index in [-0.39, 0.29) is 0 Å². The highest BCUT2D eigenvalue weighted by atomic mass is 15.2. The predicted molar refractivity (Wildman–Crippen MR) is 76.8 cm³/mol. The van der Waals surface area contributed by atoms with Crippen molar-refractivity contribution >= 4 is 11.6 Å². The second-order valence-corrected chi connectivity index (χ2v) is 4.81. The van der Waals surface area contributed by atoms with Gasteiger partial charge in [-0.15, -0.1) is 0 Å². The van der Waals surface area contributed by atoms with Crippen molar-refractivity contribution in [2.24, 2.45) is 10.7 Å². The van der Waals surface area contributed by atoms with Gasteiger partial charge in [0.25, 0.3) is 0 Å². The third kappa shape index (κ3) is 3.74. The maximum atomic E-state index is 5.87. The first-order valence-corrected chi connectivity index (χ1v) is 6.62. The molecule has 1 aliphatic rings. The first kappa shape index (κ1) is 12.9. The normalized spacial score (nSPS) is 18.8. The van der Waals surface area contributed by atoms with E-state index in [1.807, 2.05) is 30.3 Å². The molecule has 4 heteroatoms. The molecule has 1 atom stereocenters.